The van der Waals surface area contributed by atoms with Crippen molar-refractivity contribution in [2.45, 2.75) is 6.42 Å². The van der Waals surface area contributed by atoms with Crippen molar-refractivity contribution < 1.29 is 13.9 Å². The van der Waals surface area contributed by atoms with Gasteiger partial charge in [-0.25, -0.2) is 4.39 Å². The second kappa shape index (κ2) is 5.52. The Labute approximate surface area is 110 Å². The van der Waals surface area contributed by atoms with Crippen LogP contribution in [0.1, 0.15) is 5.56 Å². The van der Waals surface area contributed by atoms with E-state index in [4.69, 9.17) is 10.5 Å². The first kappa shape index (κ1) is 13.1. The van der Waals surface area contributed by atoms with Crippen molar-refractivity contribution in [3.05, 3.63) is 53.8 Å². The summed E-state index contributed by atoms with van der Waals surface area (Å²) >= 11 is 0. The summed E-state index contributed by atoms with van der Waals surface area (Å²) < 4.78 is 18.5. The third-order valence-electron chi connectivity index (χ3n) is 2.82. The Hall–Kier alpha value is -2.36. The van der Waals surface area contributed by atoms with Crippen molar-refractivity contribution in [3.8, 4) is 16.9 Å². The van der Waals surface area contributed by atoms with Gasteiger partial charge < -0.3 is 10.5 Å². The first-order valence-electron chi connectivity index (χ1n) is 5.81. The van der Waals surface area contributed by atoms with E-state index in [1.54, 1.807) is 37.4 Å². The monoisotopic (exact) mass is 259 g/mol. The molecule has 0 spiro atoms. The van der Waals surface area contributed by atoms with Gasteiger partial charge in [0.1, 0.15) is 11.6 Å². The van der Waals surface area contributed by atoms with Crippen molar-refractivity contribution in [1.29, 1.82) is 0 Å². The number of nitrogens with two attached hydrogens (primary N) is 1. The molecule has 0 atom stereocenters. The van der Waals surface area contributed by atoms with Gasteiger partial charge in [-0.2, -0.15) is 0 Å². The molecule has 0 fully saturated rings. The fourth-order valence-electron chi connectivity index (χ4n) is 1.95. The van der Waals surface area contributed by atoms with Crippen LogP contribution in [0.3, 0.4) is 0 Å². The Morgan fingerprint density at radius 1 is 1.26 bits per heavy atom. The van der Waals surface area contributed by atoms with Gasteiger partial charge >= 0.3 is 0 Å². The molecule has 19 heavy (non-hydrogen) atoms. The Balaban J connectivity index is 2.54. The van der Waals surface area contributed by atoms with Gasteiger partial charge in [-0.15, -0.1) is 0 Å². The lowest BCUT2D eigenvalue weighted by molar-refractivity contribution is -0.117. The van der Waals surface area contributed by atoms with Crippen LogP contribution >= 0.6 is 0 Å². The second-order valence-electron chi connectivity index (χ2n) is 4.18. The first-order chi connectivity index (χ1) is 9.10. The number of rotatable bonds is 4. The number of methoxy groups -OCH3 is 1. The average molecular weight is 259 g/mol. The van der Waals surface area contributed by atoms with Gasteiger partial charge in [0.25, 0.3) is 0 Å². The van der Waals surface area contributed by atoms with Crippen LogP contribution in [0.25, 0.3) is 11.1 Å². The Bertz CT molecular complexity index is 611. The standard InChI is InChI=1S/C15H14FNO2/c1-19-13-6-5-11(8-15(17)18)14(9-13)10-3-2-4-12(16)7-10/h2-7,9H,8H2,1H3,(H2,17,18). The summed E-state index contributed by atoms with van der Waals surface area (Å²) in [5.74, 6) is -0.111. The molecule has 0 bridgehead atoms. The van der Waals surface area contributed by atoms with Gasteiger partial charge in [0, 0.05) is 0 Å². The predicted molar refractivity (Wildman–Crippen MR) is 71.3 cm³/mol. The molecule has 4 heteroatoms. The van der Waals surface area contributed by atoms with Crippen molar-refractivity contribution >= 4 is 5.91 Å². The number of carbonyl (C=O) groups excluding carboxylic acids is 1. The third-order valence-corrected chi connectivity index (χ3v) is 2.82. The van der Waals surface area contributed by atoms with E-state index < -0.39 is 5.91 Å². The number of ether oxygens (including phenoxy) is 1. The molecule has 2 aromatic rings. The van der Waals surface area contributed by atoms with Crippen LogP contribution in [0, 0.1) is 5.82 Å². The molecular formula is C15H14FNO2. The Morgan fingerprint density at radius 3 is 2.68 bits per heavy atom. The largest absolute Gasteiger partial charge is 0.497 e. The summed E-state index contributed by atoms with van der Waals surface area (Å²) in [5, 5.41) is 0. The minimum atomic E-state index is -0.428. The third kappa shape index (κ3) is 3.10. The number of hydrogen-bond acceptors (Lipinski definition) is 2. The van der Waals surface area contributed by atoms with Crippen molar-refractivity contribution in [1.82, 2.24) is 0 Å². The number of carbonyl (C=O) groups is 1. The smallest absolute Gasteiger partial charge is 0.221 e. The molecule has 98 valence electrons. The van der Waals surface area contributed by atoms with Gasteiger partial charge in [-0.05, 0) is 41.0 Å². The Kier molecular flexibility index (Phi) is 3.80. The number of halogens is 1. The summed E-state index contributed by atoms with van der Waals surface area (Å²) in [5.41, 5.74) is 7.41. The van der Waals surface area contributed by atoms with Gasteiger partial charge in [0.15, 0.2) is 0 Å². The number of amides is 1. The van der Waals surface area contributed by atoms with Crippen molar-refractivity contribution in [3.63, 3.8) is 0 Å². The van der Waals surface area contributed by atoms with Gasteiger partial charge in [0.2, 0.25) is 5.91 Å². The molecule has 0 aliphatic heterocycles. The summed E-state index contributed by atoms with van der Waals surface area (Å²) in [6, 6.07) is 11.5. The molecule has 0 saturated carbocycles. The van der Waals surface area contributed by atoms with Gasteiger partial charge in [-0.1, -0.05) is 18.2 Å². The molecule has 0 aliphatic carbocycles. The molecule has 2 N–H and O–H groups in total. The molecule has 0 saturated heterocycles. The van der Waals surface area contributed by atoms with Crippen LogP contribution in [0.15, 0.2) is 42.5 Å². The normalized spacial score (nSPS) is 10.2. The molecule has 0 aliphatic rings. The molecule has 2 aromatic carbocycles. The van der Waals surface area contributed by atoms with Crippen LogP contribution in [-0.4, -0.2) is 13.0 Å². The van der Waals surface area contributed by atoms with Crippen LogP contribution in [0.4, 0.5) is 4.39 Å². The van der Waals surface area contributed by atoms with E-state index in [0.717, 1.165) is 11.1 Å². The highest BCUT2D eigenvalue weighted by atomic mass is 19.1. The van der Waals surface area contributed by atoms with E-state index in [0.29, 0.717) is 11.3 Å². The SMILES string of the molecule is COc1ccc(CC(N)=O)c(-c2cccc(F)c2)c1. The molecule has 3 nitrogen and oxygen atoms in total. The van der Waals surface area contributed by atoms with Crippen molar-refractivity contribution in [2.75, 3.05) is 7.11 Å². The van der Waals surface area contributed by atoms with E-state index in [2.05, 4.69) is 0 Å². The zero-order chi connectivity index (χ0) is 13.8. The lowest BCUT2D eigenvalue weighted by Crippen LogP contribution is -2.14. The van der Waals surface area contributed by atoms with Gasteiger partial charge in [-0.3, -0.25) is 4.79 Å². The zero-order valence-electron chi connectivity index (χ0n) is 10.5. The maximum Gasteiger partial charge on any atom is 0.221 e. The molecule has 0 aromatic heterocycles. The molecular weight excluding hydrogens is 245 g/mol. The fraction of sp³-hybridized carbons (Fsp3) is 0.133. The lowest BCUT2D eigenvalue weighted by atomic mass is 9.97. The highest BCUT2D eigenvalue weighted by Crippen LogP contribution is 2.28. The number of hydrogen-bond donors (Lipinski definition) is 1. The molecule has 0 radical (unpaired) electrons. The number of primary amides is 1. The summed E-state index contributed by atoms with van der Waals surface area (Å²) in [6.07, 6.45) is 0.107. The maximum atomic E-state index is 13.3. The average Bonchev–Trinajstić information content (AvgIpc) is 2.38. The Morgan fingerprint density at radius 2 is 2.05 bits per heavy atom. The summed E-state index contributed by atoms with van der Waals surface area (Å²) in [6.45, 7) is 0. The van der Waals surface area contributed by atoms with E-state index in [9.17, 15) is 9.18 Å². The summed E-state index contributed by atoms with van der Waals surface area (Å²) in [7, 11) is 1.55. The summed E-state index contributed by atoms with van der Waals surface area (Å²) in [4.78, 5) is 11.1. The van der Waals surface area contributed by atoms with E-state index in [1.807, 2.05) is 0 Å². The number of benzene rings is 2. The van der Waals surface area contributed by atoms with Crippen molar-refractivity contribution in [2.24, 2.45) is 5.73 Å². The van der Waals surface area contributed by atoms with Crippen LogP contribution in [0.5, 0.6) is 5.75 Å². The minimum absolute atomic E-state index is 0.107. The van der Waals surface area contributed by atoms with E-state index in [-0.39, 0.29) is 12.2 Å². The maximum absolute atomic E-state index is 13.3. The van der Waals surface area contributed by atoms with Crippen LogP contribution in [0.2, 0.25) is 0 Å². The molecule has 0 heterocycles. The lowest BCUT2D eigenvalue weighted by Gasteiger charge is -2.11. The zero-order valence-corrected chi connectivity index (χ0v) is 10.5. The second-order valence-corrected chi connectivity index (χ2v) is 4.18. The fourth-order valence-corrected chi connectivity index (χ4v) is 1.95. The highest BCUT2D eigenvalue weighted by molar-refractivity contribution is 5.81. The van der Waals surface area contributed by atoms with E-state index in [1.165, 1.54) is 12.1 Å². The minimum Gasteiger partial charge on any atom is -0.497 e. The van der Waals surface area contributed by atoms with E-state index >= 15 is 0 Å². The quantitative estimate of drug-likeness (QED) is 0.917. The van der Waals surface area contributed by atoms with Crippen LogP contribution in [-0.2, 0) is 11.2 Å². The first-order valence-corrected chi connectivity index (χ1v) is 5.81. The highest BCUT2D eigenvalue weighted by Gasteiger charge is 2.10. The predicted octanol–water partition coefficient (Wildman–Crippen LogP) is 2.53. The topological polar surface area (TPSA) is 52.3 Å². The van der Waals surface area contributed by atoms with Gasteiger partial charge in [0.05, 0.1) is 13.5 Å². The molecule has 1 amide bonds. The van der Waals surface area contributed by atoms with Crippen LogP contribution < -0.4 is 10.5 Å². The molecule has 2 rings (SSSR count). The molecule has 0 unspecified atom stereocenters.